The Morgan fingerprint density at radius 2 is 1.55 bits per heavy atom. The molecule has 0 aliphatic carbocycles. The normalized spacial score (nSPS) is 10.7. The molecule has 0 radical (unpaired) electrons. The van der Waals surface area contributed by atoms with Gasteiger partial charge in [-0.1, -0.05) is 6.07 Å². The smallest absolute Gasteiger partial charge is 0.167 e. The van der Waals surface area contributed by atoms with Crippen molar-refractivity contribution in [1.29, 1.82) is 0 Å². The van der Waals surface area contributed by atoms with E-state index in [1.54, 1.807) is 13.8 Å². The lowest BCUT2D eigenvalue weighted by molar-refractivity contribution is 0.0991. The molecule has 2 aromatic carbocycles. The molecule has 0 fully saturated rings. The highest BCUT2D eigenvalue weighted by Crippen LogP contribution is 2.19. The number of ketones is 1. The number of aryl methyl sites for hydroxylation is 2. The van der Waals surface area contributed by atoms with Crippen molar-refractivity contribution in [2.45, 2.75) is 20.3 Å². The van der Waals surface area contributed by atoms with Gasteiger partial charge >= 0.3 is 0 Å². The number of hydrogen-bond donors (Lipinski definition) is 0. The monoisotopic (exact) mass is 278 g/mol. The van der Waals surface area contributed by atoms with E-state index in [1.165, 1.54) is 18.2 Å². The number of halogens is 3. The molecule has 0 aliphatic heterocycles. The van der Waals surface area contributed by atoms with Crippen molar-refractivity contribution < 1.29 is 18.0 Å². The molecule has 0 saturated carbocycles. The van der Waals surface area contributed by atoms with Gasteiger partial charge in [0.2, 0.25) is 0 Å². The van der Waals surface area contributed by atoms with E-state index in [2.05, 4.69) is 0 Å². The quantitative estimate of drug-likeness (QED) is 0.771. The molecule has 0 amide bonds. The van der Waals surface area contributed by atoms with Crippen LogP contribution in [0.4, 0.5) is 13.2 Å². The number of carbonyl (C=O) groups excluding carboxylic acids is 1. The summed E-state index contributed by atoms with van der Waals surface area (Å²) in [5, 5.41) is 0. The van der Waals surface area contributed by atoms with Crippen molar-refractivity contribution in [2.24, 2.45) is 0 Å². The Bertz CT molecular complexity index is 654. The van der Waals surface area contributed by atoms with E-state index < -0.39 is 17.5 Å². The minimum atomic E-state index is -0.983. The SMILES string of the molecule is Cc1cc(F)cc(C)c1C(=O)Cc1ccc(F)c(F)c1. The molecular formula is C16H13F3O. The predicted octanol–water partition coefficient (Wildman–Crippen LogP) is 4.15. The van der Waals surface area contributed by atoms with Crippen molar-refractivity contribution in [1.82, 2.24) is 0 Å². The zero-order valence-electron chi connectivity index (χ0n) is 11.1. The van der Waals surface area contributed by atoms with Crippen LogP contribution in [0.3, 0.4) is 0 Å². The highest BCUT2D eigenvalue weighted by molar-refractivity contribution is 6.00. The van der Waals surface area contributed by atoms with E-state index in [1.807, 2.05) is 0 Å². The molecule has 104 valence electrons. The average molecular weight is 278 g/mol. The summed E-state index contributed by atoms with van der Waals surface area (Å²) in [5.74, 6) is -2.58. The summed E-state index contributed by atoms with van der Waals surface area (Å²) in [6.07, 6.45) is -0.0511. The first-order chi connectivity index (χ1) is 9.38. The van der Waals surface area contributed by atoms with E-state index in [0.717, 1.165) is 12.1 Å². The maximum absolute atomic E-state index is 13.2. The van der Waals surface area contributed by atoms with Crippen molar-refractivity contribution in [2.75, 3.05) is 0 Å². The van der Waals surface area contributed by atoms with Crippen LogP contribution >= 0.6 is 0 Å². The summed E-state index contributed by atoms with van der Waals surface area (Å²) in [6.45, 7) is 3.29. The molecule has 20 heavy (non-hydrogen) atoms. The fourth-order valence-electron chi connectivity index (χ4n) is 2.27. The van der Waals surface area contributed by atoms with Crippen LogP contribution in [0.1, 0.15) is 27.0 Å². The first kappa shape index (κ1) is 14.3. The number of benzene rings is 2. The van der Waals surface area contributed by atoms with Gasteiger partial charge in [-0.25, -0.2) is 13.2 Å². The first-order valence-electron chi connectivity index (χ1n) is 6.12. The molecule has 1 nitrogen and oxygen atoms in total. The van der Waals surface area contributed by atoms with Crippen molar-refractivity contribution in [3.8, 4) is 0 Å². The molecular weight excluding hydrogens is 265 g/mol. The van der Waals surface area contributed by atoms with Gasteiger partial charge < -0.3 is 0 Å². The van der Waals surface area contributed by atoms with E-state index in [4.69, 9.17) is 0 Å². The number of carbonyl (C=O) groups is 1. The summed E-state index contributed by atoms with van der Waals surface area (Å²) in [6, 6.07) is 5.92. The maximum atomic E-state index is 13.2. The van der Waals surface area contributed by atoms with E-state index in [0.29, 0.717) is 22.3 Å². The molecule has 0 heterocycles. The van der Waals surface area contributed by atoms with Gasteiger partial charge in [0.25, 0.3) is 0 Å². The Morgan fingerprint density at radius 1 is 0.950 bits per heavy atom. The molecule has 0 spiro atoms. The van der Waals surface area contributed by atoms with Gasteiger partial charge in [0, 0.05) is 12.0 Å². The molecule has 0 aliphatic rings. The zero-order valence-corrected chi connectivity index (χ0v) is 11.1. The summed E-state index contributed by atoms with van der Waals surface area (Å²) in [5.41, 5.74) is 1.89. The fourth-order valence-corrected chi connectivity index (χ4v) is 2.27. The Balaban J connectivity index is 2.31. The van der Waals surface area contributed by atoms with Gasteiger partial charge in [-0.2, -0.15) is 0 Å². The summed E-state index contributed by atoms with van der Waals surface area (Å²) in [7, 11) is 0. The van der Waals surface area contributed by atoms with Crippen molar-refractivity contribution in [3.63, 3.8) is 0 Å². The lowest BCUT2D eigenvalue weighted by Gasteiger charge is -2.09. The lowest BCUT2D eigenvalue weighted by atomic mass is 9.95. The number of hydrogen-bond acceptors (Lipinski definition) is 1. The molecule has 0 atom stereocenters. The van der Waals surface area contributed by atoms with Crippen LogP contribution in [0.2, 0.25) is 0 Å². The minimum Gasteiger partial charge on any atom is -0.294 e. The second kappa shape index (κ2) is 5.49. The van der Waals surface area contributed by atoms with Crippen LogP contribution in [0.5, 0.6) is 0 Å². The number of rotatable bonds is 3. The molecule has 2 rings (SSSR count). The van der Waals surface area contributed by atoms with Gasteiger partial charge in [0.15, 0.2) is 17.4 Å². The maximum Gasteiger partial charge on any atom is 0.167 e. The van der Waals surface area contributed by atoms with Crippen molar-refractivity contribution >= 4 is 5.78 Å². The zero-order chi connectivity index (χ0) is 14.9. The van der Waals surface area contributed by atoms with Crippen LogP contribution in [0, 0.1) is 31.3 Å². The van der Waals surface area contributed by atoms with Gasteiger partial charge in [0.1, 0.15) is 5.82 Å². The van der Waals surface area contributed by atoms with Gasteiger partial charge in [-0.15, -0.1) is 0 Å². The second-order valence-corrected chi connectivity index (χ2v) is 4.76. The Labute approximate surface area is 115 Å². The number of Topliss-reactive ketones (excluding diaryl/α,β-unsaturated/α-hetero) is 1. The Kier molecular flexibility index (Phi) is 3.93. The third-order valence-electron chi connectivity index (χ3n) is 3.12. The van der Waals surface area contributed by atoms with Crippen molar-refractivity contribution in [3.05, 3.63) is 70.0 Å². The molecule has 2 aromatic rings. The van der Waals surface area contributed by atoms with E-state index in [9.17, 15) is 18.0 Å². The van der Waals surface area contributed by atoms with E-state index >= 15 is 0 Å². The molecule has 0 saturated heterocycles. The highest BCUT2D eigenvalue weighted by atomic mass is 19.2. The topological polar surface area (TPSA) is 17.1 Å². The largest absolute Gasteiger partial charge is 0.294 e. The minimum absolute atomic E-state index is 0.0511. The lowest BCUT2D eigenvalue weighted by Crippen LogP contribution is -2.09. The molecule has 0 bridgehead atoms. The standard InChI is InChI=1S/C16H13F3O/c1-9-5-12(17)6-10(2)16(9)15(20)8-11-3-4-13(18)14(19)7-11/h3-7H,8H2,1-2H3. The van der Waals surface area contributed by atoms with Crippen LogP contribution in [-0.4, -0.2) is 5.78 Å². The van der Waals surface area contributed by atoms with Crippen LogP contribution < -0.4 is 0 Å². The summed E-state index contributed by atoms with van der Waals surface area (Å²) in [4.78, 5) is 12.2. The molecule has 0 unspecified atom stereocenters. The van der Waals surface area contributed by atoms with Crippen LogP contribution in [0.25, 0.3) is 0 Å². The Morgan fingerprint density at radius 3 is 2.10 bits per heavy atom. The Hall–Kier alpha value is -2.10. The fraction of sp³-hybridized carbons (Fsp3) is 0.188. The highest BCUT2D eigenvalue weighted by Gasteiger charge is 2.15. The summed E-state index contributed by atoms with van der Waals surface area (Å²) >= 11 is 0. The van der Waals surface area contributed by atoms with Crippen LogP contribution in [0.15, 0.2) is 30.3 Å². The second-order valence-electron chi connectivity index (χ2n) is 4.76. The third-order valence-corrected chi connectivity index (χ3v) is 3.12. The summed E-state index contributed by atoms with van der Waals surface area (Å²) < 4.78 is 39.1. The van der Waals surface area contributed by atoms with Gasteiger partial charge in [-0.05, 0) is 54.8 Å². The molecule has 0 N–H and O–H groups in total. The third kappa shape index (κ3) is 2.90. The van der Waals surface area contributed by atoms with Crippen LogP contribution in [-0.2, 0) is 6.42 Å². The van der Waals surface area contributed by atoms with Gasteiger partial charge in [-0.3, -0.25) is 4.79 Å². The van der Waals surface area contributed by atoms with Gasteiger partial charge in [0.05, 0.1) is 0 Å². The molecule has 4 heteroatoms. The van der Waals surface area contributed by atoms with E-state index in [-0.39, 0.29) is 12.2 Å². The molecule has 0 aromatic heterocycles. The predicted molar refractivity (Wildman–Crippen MR) is 70.3 cm³/mol. The average Bonchev–Trinajstić information content (AvgIpc) is 2.32. The first-order valence-corrected chi connectivity index (χ1v) is 6.12.